The fourth-order valence-electron chi connectivity index (χ4n) is 1.20. The van der Waals surface area contributed by atoms with E-state index in [1.54, 1.807) is 12.1 Å². The highest BCUT2D eigenvalue weighted by atomic mass is 16.4. The Bertz CT molecular complexity index is 401. The largest absolute Gasteiger partial charge is 0.478 e. The first-order valence-electron chi connectivity index (χ1n) is 4.81. The van der Waals surface area contributed by atoms with E-state index in [9.17, 15) is 9.59 Å². The molecule has 0 aromatic heterocycles. The lowest BCUT2D eigenvalue weighted by Crippen LogP contribution is -2.31. The minimum absolute atomic E-state index is 0.0504. The number of rotatable bonds is 4. The lowest BCUT2D eigenvalue weighted by atomic mass is 10.1. The number of carboxylic acids is 1. The van der Waals surface area contributed by atoms with Crippen molar-refractivity contribution in [2.45, 2.75) is 13.0 Å². The second-order valence-electron chi connectivity index (χ2n) is 3.41. The Labute approximate surface area is 92.7 Å². The summed E-state index contributed by atoms with van der Waals surface area (Å²) in [5.74, 6) is -1.65. The van der Waals surface area contributed by atoms with Crippen molar-refractivity contribution >= 4 is 11.9 Å². The summed E-state index contributed by atoms with van der Waals surface area (Å²) in [4.78, 5) is 22.4. The molecule has 5 heteroatoms. The number of aliphatic hydroxyl groups excluding tert-OH is 1. The zero-order valence-electron chi connectivity index (χ0n) is 8.80. The average Bonchev–Trinajstić information content (AvgIpc) is 2.25. The number of nitrogens with one attached hydrogen (secondary N) is 1. The molecule has 0 unspecified atom stereocenters. The van der Waals surface area contributed by atoms with Crippen molar-refractivity contribution in [1.82, 2.24) is 5.32 Å². The topological polar surface area (TPSA) is 86.6 Å². The Morgan fingerprint density at radius 3 is 2.38 bits per heavy atom. The molecule has 1 rings (SSSR count). The van der Waals surface area contributed by atoms with Gasteiger partial charge in [-0.15, -0.1) is 0 Å². The number of aromatic carboxylic acids is 1. The van der Waals surface area contributed by atoms with Gasteiger partial charge in [0.05, 0.1) is 17.2 Å². The maximum absolute atomic E-state index is 11.6. The molecular weight excluding hydrogens is 210 g/mol. The number of aliphatic hydroxyl groups is 1. The lowest BCUT2D eigenvalue weighted by molar-refractivity contribution is 0.0690. The lowest BCUT2D eigenvalue weighted by Gasteiger charge is -2.08. The van der Waals surface area contributed by atoms with Gasteiger partial charge in [0.25, 0.3) is 5.91 Å². The number of carboxylic acid groups (broad SMARTS) is 1. The van der Waals surface area contributed by atoms with Crippen LogP contribution >= 0.6 is 0 Å². The van der Waals surface area contributed by atoms with Crippen LogP contribution in [0.1, 0.15) is 27.6 Å². The zero-order valence-corrected chi connectivity index (χ0v) is 8.80. The summed E-state index contributed by atoms with van der Waals surface area (Å²) < 4.78 is 0. The normalized spacial score (nSPS) is 11.9. The molecule has 1 atom stereocenters. The van der Waals surface area contributed by atoms with E-state index in [4.69, 9.17) is 10.2 Å². The predicted molar refractivity (Wildman–Crippen MR) is 57.4 cm³/mol. The summed E-state index contributed by atoms with van der Waals surface area (Å²) in [7, 11) is 0. The van der Waals surface area contributed by atoms with Crippen molar-refractivity contribution in [1.29, 1.82) is 0 Å². The fourth-order valence-corrected chi connectivity index (χ4v) is 1.20. The van der Waals surface area contributed by atoms with Gasteiger partial charge in [-0.25, -0.2) is 4.79 Å². The summed E-state index contributed by atoms with van der Waals surface area (Å²) in [6.07, 6.45) is -0.666. The minimum atomic E-state index is -1.15. The van der Waals surface area contributed by atoms with Crippen molar-refractivity contribution in [2.24, 2.45) is 0 Å². The van der Waals surface area contributed by atoms with E-state index in [0.717, 1.165) is 0 Å². The molecular formula is C11H13NO4. The van der Waals surface area contributed by atoms with Gasteiger partial charge in [0.1, 0.15) is 0 Å². The van der Waals surface area contributed by atoms with Crippen molar-refractivity contribution in [3.63, 3.8) is 0 Å². The summed E-state index contributed by atoms with van der Waals surface area (Å²) in [6.45, 7) is 1.62. The predicted octanol–water partition coefficient (Wildman–Crippen LogP) is 0.495. The van der Waals surface area contributed by atoms with Crippen LogP contribution in [0, 0.1) is 0 Å². The van der Waals surface area contributed by atoms with Crippen LogP contribution in [0.5, 0.6) is 0 Å². The quantitative estimate of drug-likeness (QED) is 0.693. The number of amides is 1. The molecule has 5 nitrogen and oxygen atoms in total. The van der Waals surface area contributed by atoms with E-state index in [2.05, 4.69) is 5.32 Å². The molecule has 0 saturated carbocycles. The van der Waals surface area contributed by atoms with Crippen LogP contribution in [-0.2, 0) is 0 Å². The van der Waals surface area contributed by atoms with Gasteiger partial charge in [0.15, 0.2) is 0 Å². The van der Waals surface area contributed by atoms with Crippen molar-refractivity contribution in [3.05, 3.63) is 35.4 Å². The Hall–Kier alpha value is -1.88. The molecule has 0 aliphatic rings. The molecule has 0 fully saturated rings. The summed E-state index contributed by atoms with van der Waals surface area (Å²) in [6, 6.07) is 5.93. The third-order valence-electron chi connectivity index (χ3n) is 1.96. The van der Waals surface area contributed by atoms with Crippen LogP contribution in [0.15, 0.2) is 24.3 Å². The minimum Gasteiger partial charge on any atom is -0.478 e. The van der Waals surface area contributed by atoms with Gasteiger partial charge in [-0.3, -0.25) is 4.79 Å². The first-order valence-corrected chi connectivity index (χ1v) is 4.81. The Morgan fingerprint density at radius 1 is 1.31 bits per heavy atom. The van der Waals surface area contributed by atoms with Crippen LogP contribution in [0.3, 0.4) is 0 Å². The van der Waals surface area contributed by atoms with E-state index < -0.39 is 18.0 Å². The first kappa shape index (κ1) is 12.2. The summed E-state index contributed by atoms with van der Waals surface area (Å²) in [5, 5.41) is 20.3. The van der Waals surface area contributed by atoms with Gasteiger partial charge >= 0.3 is 5.97 Å². The van der Waals surface area contributed by atoms with E-state index in [1.165, 1.54) is 19.1 Å². The number of benzene rings is 1. The van der Waals surface area contributed by atoms with E-state index in [-0.39, 0.29) is 17.7 Å². The average molecular weight is 223 g/mol. The third-order valence-corrected chi connectivity index (χ3v) is 1.96. The first-order chi connectivity index (χ1) is 7.52. The molecule has 3 N–H and O–H groups in total. The Morgan fingerprint density at radius 2 is 1.88 bits per heavy atom. The van der Waals surface area contributed by atoms with Gasteiger partial charge < -0.3 is 15.5 Å². The number of hydrogen-bond donors (Lipinski definition) is 3. The second kappa shape index (κ2) is 5.27. The maximum atomic E-state index is 11.6. The fraction of sp³-hybridized carbons (Fsp3) is 0.273. The number of hydrogen-bond acceptors (Lipinski definition) is 3. The molecule has 0 spiro atoms. The zero-order chi connectivity index (χ0) is 12.1. The number of carbonyl (C=O) groups excluding carboxylic acids is 1. The molecule has 0 bridgehead atoms. The third kappa shape index (κ3) is 3.06. The van der Waals surface area contributed by atoms with E-state index >= 15 is 0 Å². The highest BCUT2D eigenvalue weighted by molar-refractivity contribution is 6.04. The molecule has 86 valence electrons. The van der Waals surface area contributed by atoms with Crippen LogP contribution in [0.2, 0.25) is 0 Å². The van der Waals surface area contributed by atoms with Gasteiger partial charge in [0.2, 0.25) is 0 Å². The van der Waals surface area contributed by atoms with Crippen molar-refractivity contribution in [2.75, 3.05) is 6.54 Å². The van der Waals surface area contributed by atoms with Crippen LogP contribution < -0.4 is 5.32 Å². The number of carbonyl (C=O) groups is 2. The van der Waals surface area contributed by atoms with E-state index in [0.29, 0.717) is 0 Å². The van der Waals surface area contributed by atoms with Crippen LogP contribution in [0.25, 0.3) is 0 Å². The molecule has 1 aromatic rings. The standard InChI is InChI=1S/C11H13NO4/c1-7(13)6-12-10(14)8-4-2-3-5-9(8)11(15)16/h2-5,7,13H,6H2,1H3,(H,12,14)(H,15,16)/t7-/m1/s1. The van der Waals surface area contributed by atoms with Gasteiger partial charge in [0, 0.05) is 6.54 Å². The maximum Gasteiger partial charge on any atom is 0.336 e. The van der Waals surface area contributed by atoms with Crippen molar-refractivity contribution < 1.29 is 19.8 Å². The molecule has 1 aromatic carbocycles. The summed E-state index contributed by atoms with van der Waals surface area (Å²) in [5.41, 5.74) is 0.0428. The highest BCUT2D eigenvalue weighted by Crippen LogP contribution is 2.08. The molecule has 0 radical (unpaired) electrons. The Balaban J connectivity index is 2.86. The van der Waals surface area contributed by atoms with Gasteiger partial charge in [-0.05, 0) is 19.1 Å². The molecule has 16 heavy (non-hydrogen) atoms. The molecule has 1 amide bonds. The monoisotopic (exact) mass is 223 g/mol. The van der Waals surface area contributed by atoms with Gasteiger partial charge in [-0.1, -0.05) is 12.1 Å². The Kier molecular flexibility index (Phi) is 4.02. The molecule has 0 aliphatic carbocycles. The van der Waals surface area contributed by atoms with Gasteiger partial charge in [-0.2, -0.15) is 0 Å². The molecule has 0 aliphatic heterocycles. The SMILES string of the molecule is C[C@@H](O)CNC(=O)c1ccccc1C(=O)O. The smallest absolute Gasteiger partial charge is 0.336 e. The van der Waals surface area contributed by atoms with Crippen molar-refractivity contribution in [3.8, 4) is 0 Å². The van der Waals surface area contributed by atoms with Crippen LogP contribution in [-0.4, -0.2) is 34.7 Å². The van der Waals surface area contributed by atoms with E-state index in [1.807, 2.05) is 0 Å². The molecule has 0 heterocycles. The highest BCUT2D eigenvalue weighted by Gasteiger charge is 2.15. The molecule has 0 saturated heterocycles. The second-order valence-corrected chi connectivity index (χ2v) is 3.41. The van der Waals surface area contributed by atoms with Crippen LogP contribution in [0.4, 0.5) is 0 Å². The summed E-state index contributed by atoms with van der Waals surface area (Å²) >= 11 is 0.